The monoisotopic (exact) mass is 325 g/mol. The number of para-hydroxylation sites is 2. The predicted octanol–water partition coefficient (Wildman–Crippen LogP) is 4.42. The first-order valence-corrected chi connectivity index (χ1v) is 7.67. The maximum absolute atomic E-state index is 5.96. The zero-order chi connectivity index (χ0) is 16.9. The van der Waals surface area contributed by atoms with E-state index in [-0.39, 0.29) is 0 Å². The molecule has 124 valence electrons. The van der Waals surface area contributed by atoms with Gasteiger partial charge in [-0.3, -0.25) is 0 Å². The van der Waals surface area contributed by atoms with Gasteiger partial charge in [0.25, 0.3) is 0 Å². The van der Waals surface area contributed by atoms with Crippen molar-refractivity contribution in [1.82, 2.24) is 4.98 Å². The van der Waals surface area contributed by atoms with E-state index < -0.39 is 0 Å². The van der Waals surface area contributed by atoms with Crippen LogP contribution >= 0.6 is 0 Å². The van der Waals surface area contributed by atoms with Crippen LogP contribution in [-0.2, 0) is 0 Å². The lowest BCUT2D eigenvalue weighted by Gasteiger charge is -2.10. The summed E-state index contributed by atoms with van der Waals surface area (Å²) >= 11 is 0. The summed E-state index contributed by atoms with van der Waals surface area (Å²) in [6.45, 7) is 2.53. The van der Waals surface area contributed by atoms with Crippen molar-refractivity contribution in [3.63, 3.8) is 0 Å². The zero-order valence-corrected chi connectivity index (χ0v) is 13.9. The van der Waals surface area contributed by atoms with Gasteiger partial charge in [0.1, 0.15) is 5.75 Å². The number of hydrogen-bond donors (Lipinski definition) is 0. The van der Waals surface area contributed by atoms with Crippen LogP contribution in [0.4, 0.5) is 0 Å². The highest BCUT2D eigenvalue weighted by Gasteiger charge is 2.17. The lowest BCUT2D eigenvalue weighted by atomic mass is 10.1. The Morgan fingerprint density at radius 2 is 1.67 bits per heavy atom. The first-order valence-electron chi connectivity index (χ1n) is 7.67. The summed E-state index contributed by atoms with van der Waals surface area (Å²) in [6.07, 6.45) is 1.69. The molecule has 0 aliphatic carbocycles. The standard InChI is InChI=1S/C19H19NO4/c1-4-23-15-10-6-5-8-13(15)17-12-20-19(24-17)14-9-7-11-16(21-2)18(14)22-3/h5-12H,4H2,1-3H3. The Morgan fingerprint density at radius 1 is 0.917 bits per heavy atom. The van der Waals surface area contributed by atoms with E-state index in [4.69, 9.17) is 18.6 Å². The van der Waals surface area contributed by atoms with Gasteiger partial charge in [0.05, 0.1) is 38.2 Å². The first kappa shape index (κ1) is 15.9. The van der Waals surface area contributed by atoms with Crippen molar-refractivity contribution in [3.8, 4) is 40.0 Å². The molecule has 0 bridgehead atoms. The smallest absolute Gasteiger partial charge is 0.230 e. The molecule has 1 heterocycles. The van der Waals surface area contributed by atoms with Crippen LogP contribution < -0.4 is 14.2 Å². The number of nitrogens with zero attached hydrogens (tertiary/aromatic N) is 1. The van der Waals surface area contributed by atoms with Crippen molar-refractivity contribution in [1.29, 1.82) is 0 Å². The van der Waals surface area contributed by atoms with Crippen LogP contribution in [0.1, 0.15) is 6.92 Å². The van der Waals surface area contributed by atoms with Crippen LogP contribution in [-0.4, -0.2) is 25.8 Å². The second-order valence-electron chi connectivity index (χ2n) is 5.00. The third kappa shape index (κ3) is 2.93. The Bertz CT molecular complexity index is 826. The molecule has 3 rings (SSSR count). The minimum absolute atomic E-state index is 0.465. The second-order valence-corrected chi connectivity index (χ2v) is 5.00. The minimum atomic E-state index is 0.465. The average molecular weight is 325 g/mol. The molecule has 1 aromatic heterocycles. The lowest BCUT2D eigenvalue weighted by molar-refractivity contribution is 0.340. The number of benzene rings is 2. The van der Waals surface area contributed by atoms with Gasteiger partial charge in [-0.05, 0) is 31.2 Å². The van der Waals surface area contributed by atoms with Gasteiger partial charge in [-0.25, -0.2) is 4.98 Å². The summed E-state index contributed by atoms with van der Waals surface area (Å²) in [6, 6.07) is 13.3. The first-order chi connectivity index (χ1) is 11.8. The van der Waals surface area contributed by atoms with E-state index in [9.17, 15) is 0 Å². The largest absolute Gasteiger partial charge is 0.493 e. The van der Waals surface area contributed by atoms with Crippen molar-refractivity contribution in [2.75, 3.05) is 20.8 Å². The summed E-state index contributed by atoms with van der Waals surface area (Å²) in [5.74, 6) is 3.09. The van der Waals surface area contributed by atoms with Crippen molar-refractivity contribution in [2.45, 2.75) is 6.92 Å². The van der Waals surface area contributed by atoms with Crippen molar-refractivity contribution < 1.29 is 18.6 Å². The fourth-order valence-electron chi connectivity index (χ4n) is 2.53. The van der Waals surface area contributed by atoms with Gasteiger partial charge >= 0.3 is 0 Å². The van der Waals surface area contributed by atoms with E-state index in [1.807, 2.05) is 49.4 Å². The zero-order valence-electron chi connectivity index (χ0n) is 13.9. The van der Waals surface area contributed by atoms with Crippen molar-refractivity contribution in [3.05, 3.63) is 48.7 Å². The quantitative estimate of drug-likeness (QED) is 0.671. The molecule has 0 N–H and O–H groups in total. The Kier molecular flexibility index (Phi) is 4.70. The number of aromatic nitrogens is 1. The molecular formula is C19H19NO4. The molecule has 0 amide bonds. The molecule has 0 saturated carbocycles. The number of methoxy groups -OCH3 is 2. The Balaban J connectivity index is 2.04. The summed E-state index contributed by atoms with van der Waals surface area (Å²) < 4.78 is 22.4. The predicted molar refractivity (Wildman–Crippen MR) is 91.6 cm³/mol. The normalized spacial score (nSPS) is 10.5. The number of oxazole rings is 1. The molecule has 0 spiro atoms. The van der Waals surface area contributed by atoms with Crippen LogP contribution in [0, 0.1) is 0 Å². The van der Waals surface area contributed by atoms with E-state index in [2.05, 4.69) is 4.98 Å². The third-order valence-electron chi connectivity index (χ3n) is 3.59. The van der Waals surface area contributed by atoms with E-state index in [0.29, 0.717) is 29.8 Å². The fraction of sp³-hybridized carbons (Fsp3) is 0.211. The maximum Gasteiger partial charge on any atom is 0.230 e. The van der Waals surface area contributed by atoms with Crippen LogP contribution in [0.25, 0.3) is 22.8 Å². The van der Waals surface area contributed by atoms with Crippen LogP contribution in [0.5, 0.6) is 17.2 Å². The maximum atomic E-state index is 5.96. The Labute approximate surface area is 140 Å². The molecular weight excluding hydrogens is 306 g/mol. The van der Waals surface area contributed by atoms with Gasteiger partial charge in [-0.15, -0.1) is 0 Å². The molecule has 5 heteroatoms. The summed E-state index contributed by atoms with van der Waals surface area (Å²) in [7, 11) is 3.19. The molecule has 0 aliphatic rings. The highest BCUT2D eigenvalue weighted by Crippen LogP contribution is 2.39. The van der Waals surface area contributed by atoms with Crippen LogP contribution in [0.15, 0.2) is 53.1 Å². The van der Waals surface area contributed by atoms with Gasteiger partial charge in [0, 0.05) is 0 Å². The Hall–Kier alpha value is -2.95. The second kappa shape index (κ2) is 7.08. The van der Waals surface area contributed by atoms with Gasteiger partial charge in [0.15, 0.2) is 17.3 Å². The van der Waals surface area contributed by atoms with Gasteiger partial charge < -0.3 is 18.6 Å². The molecule has 0 radical (unpaired) electrons. The molecule has 0 fully saturated rings. The molecule has 0 aliphatic heterocycles. The van der Waals surface area contributed by atoms with E-state index >= 15 is 0 Å². The molecule has 0 atom stereocenters. The molecule has 0 saturated heterocycles. The number of rotatable bonds is 6. The van der Waals surface area contributed by atoms with E-state index in [1.54, 1.807) is 20.4 Å². The van der Waals surface area contributed by atoms with Gasteiger partial charge in [-0.2, -0.15) is 0 Å². The molecule has 2 aromatic carbocycles. The lowest BCUT2D eigenvalue weighted by Crippen LogP contribution is -1.93. The summed E-state index contributed by atoms with van der Waals surface area (Å²) in [5.41, 5.74) is 1.59. The van der Waals surface area contributed by atoms with Crippen LogP contribution in [0.2, 0.25) is 0 Å². The minimum Gasteiger partial charge on any atom is -0.493 e. The Morgan fingerprint density at radius 3 is 2.42 bits per heavy atom. The van der Waals surface area contributed by atoms with Gasteiger partial charge in [-0.1, -0.05) is 18.2 Å². The topological polar surface area (TPSA) is 53.7 Å². The number of hydrogen-bond acceptors (Lipinski definition) is 5. The van der Waals surface area contributed by atoms with Gasteiger partial charge in [0.2, 0.25) is 5.89 Å². The highest BCUT2D eigenvalue weighted by atomic mass is 16.5. The highest BCUT2D eigenvalue weighted by molar-refractivity contribution is 5.71. The SMILES string of the molecule is CCOc1ccccc1-c1cnc(-c2cccc(OC)c2OC)o1. The third-order valence-corrected chi connectivity index (χ3v) is 3.59. The van der Waals surface area contributed by atoms with Crippen molar-refractivity contribution >= 4 is 0 Å². The van der Waals surface area contributed by atoms with Crippen molar-refractivity contribution in [2.24, 2.45) is 0 Å². The number of ether oxygens (including phenoxy) is 3. The summed E-state index contributed by atoms with van der Waals surface area (Å²) in [5, 5.41) is 0. The fourth-order valence-corrected chi connectivity index (χ4v) is 2.53. The molecule has 5 nitrogen and oxygen atoms in total. The molecule has 3 aromatic rings. The van der Waals surface area contributed by atoms with E-state index in [0.717, 1.165) is 16.9 Å². The molecule has 24 heavy (non-hydrogen) atoms. The molecule has 0 unspecified atom stereocenters. The van der Waals surface area contributed by atoms with E-state index in [1.165, 1.54) is 0 Å². The van der Waals surface area contributed by atoms with Crippen LogP contribution in [0.3, 0.4) is 0 Å². The average Bonchev–Trinajstić information content (AvgIpc) is 3.11. The summed E-state index contributed by atoms with van der Waals surface area (Å²) in [4.78, 5) is 4.39.